The normalized spacial score (nSPS) is 19.9. The molecule has 1 nitrogen and oxygen atoms in total. The lowest BCUT2D eigenvalue weighted by atomic mass is 9.78. The molecule has 0 saturated heterocycles. The summed E-state index contributed by atoms with van der Waals surface area (Å²) in [6.45, 7) is 2.25. The Balaban J connectivity index is 1.56. The number of halogens is 4. The summed E-state index contributed by atoms with van der Waals surface area (Å²) in [7, 11) is 0. The summed E-state index contributed by atoms with van der Waals surface area (Å²) in [5, 5.41) is 0. The Morgan fingerprint density at radius 1 is 0.897 bits per heavy atom. The summed E-state index contributed by atoms with van der Waals surface area (Å²) in [6.07, 6.45) is 5.00. The summed E-state index contributed by atoms with van der Waals surface area (Å²) in [4.78, 5) is 0. The van der Waals surface area contributed by atoms with Crippen LogP contribution in [0.3, 0.4) is 0 Å². The van der Waals surface area contributed by atoms with Gasteiger partial charge in [0.2, 0.25) is 0 Å². The minimum atomic E-state index is -4.73. The summed E-state index contributed by atoms with van der Waals surface area (Å²) in [6, 6.07) is 10.5. The van der Waals surface area contributed by atoms with Crippen LogP contribution in [0, 0.1) is 17.7 Å². The van der Waals surface area contributed by atoms with E-state index in [-0.39, 0.29) is 11.6 Å². The molecular weight excluding hydrogens is 380 g/mol. The van der Waals surface area contributed by atoms with Crippen LogP contribution in [0.2, 0.25) is 0 Å². The van der Waals surface area contributed by atoms with Crippen LogP contribution in [-0.4, -0.2) is 6.36 Å². The van der Waals surface area contributed by atoms with Gasteiger partial charge in [0.15, 0.2) is 0 Å². The van der Waals surface area contributed by atoms with E-state index in [1.165, 1.54) is 62.8 Å². The largest absolute Gasteiger partial charge is 0.573 e. The van der Waals surface area contributed by atoms with E-state index >= 15 is 0 Å². The monoisotopic (exact) mass is 408 g/mol. The molecule has 1 aliphatic rings. The Labute approximate surface area is 170 Å². The minimum absolute atomic E-state index is 0.313. The first-order chi connectivity index (χ1) is 13.8. The van der Waals surface area contributed by atoms with Crippen LogP contribution in [0.15, 0.2) is 42.5 Å². The minimum Gasteiger partial charge on any atom is -0.406 e. The third-order valence-electron chi connectivity index (χ3n) is 5.94. The Hall–Kier alpha value is -2.04. The van der Waals surface area contributed by atoms with Gasteiger partial charge in [-0.3, -0.25) is 0 Å². The number of hydrogen-bond acceptors (Lipinski definition) is 1. The van der Waals surface area contributed by atoms with Crippen molar-refractivity contribution in [3.63, 3.8) is 0 Å². The average molecular weight is 408 g/mol. The highest BCUT2D eigenvalue weighted by Crippen LogP contribution is 2.34. The molecule has 0 bridgehead atoms. The van der Waals surface area contributed by atoms with E-state index in [0.29, 0.717) is 11.1 Å². The molecule has 0 heterocycles. The Kier molecular flexibility index (Phi) is 7.20. The van der Waals surface area contributed by atoms with Crippen LogP contribution in [0.25, 0.3) is 11.1 Å². The predicted molar refractivity (Wildman–Crippen MR) is 107 cm³/mol. The van der Waals surface area contributed by atoms with Crippen molar-refractivity contribution in [2.45, 2.75) is 64.7 Å². The SMILES string of the molecule is CCCC1CCC(CCc2ccc(-c3ccc(OC(F)(F)F)cc3)c(F)c2)CC1. The van der Waals surface area contributed by atoms with Crippen molar-refractivity contribution in [3.8, 4) is 16.9 Å². The van der Waals surface area contributed by atoms with E-state index in [2.05, 4.69) is 11.7 Å². The first-order valence-electron chi connectivity index (χ1n) is 10.5. The summed E-state index contributed by atoms with van der Waals surface area (Å²) in [5.74, 6) is 0.957. The van der Waals surface area contributed by atoms with E-state index in [9.17, 15) is 17.6 Å². The van der Waals surface area contributed by atoms with Crippen LogP contribution in [-0.2, 0) is 6.42 Å². The molecular formula is C24H28F4O. The quantitative estimate of drug-likeness (QED) is 0.423. The van der Waals surface area contributed by atoms with E-state index in [1.807, 2.05) is 6.07 Å². The molecule has 29 heavy (non-hydrogen) atoms. The topological polar surface area (TPSA) is 9.23 Å². The third kappa shape index (κ3) is 6.48. The molecule has 0 spiro atoms. The van der Waals surface area contributed by atoms with Gasteiger partial charge in [-0.2, -0.15) is 0 Å². The third-order valence-corrected chi connectivity index (χ3v) is 5.94. The zero-order valence-corrected chi connectivity index (χ0v) is 16.8. The summed E-state index contributed by atoms with van der Waals surface area (Å²) >= 11 is 0. The average Bonchev–Trinajstić information content (AvgIpc) is 2.67. The molecule has 2 aromatic rings. The Morgan fingerprint density at radius 3 is 2.07 bits per heavy atom. The van der Waals surface area contributed by atoms with Crippen molar-refractivity contribution < 1.29 is 22.3 Å². The Bertz CT molecular complexity index is 774. The molecule has 0 radical (unpaired) electrons. The number of ether oxygens (including phenoxy) is 1. The summed E-state index contributed by atoms with van der Waals surface area (Å²) in [5.41, 5.74) is 1.88. The van der Waals surface area contributed by atoms with Gasteiger partial charge in [-0.15, -0.1) is 13.2 Å². The molecule has 0 N–H and O–H groups in total. The van der Waals surface area contributed by atoms with E-state index in [1.54, 1.807) is 12.1 Å². The van der Waals surface area contributed by atoms with Gasteiger partial charge in [-0.25, -0.2) is 4.39 Å². The van der Waals surface area contributed by atoms with Crippen molar-refractivity contribution in [1.29, 1.82) is 0 Å². The lowest BCUT2D eigenvalue weighted by molar-refractivity contribution is -0.274. The Morgan fingerprint density at radius 2 is 1.52 bits per heavy atom. The fourth-order valence-electron chi connectivity index (χ4n) is 4.37. The van der Waals surface area contributed by atoms with E-state index < -0.39 is 6.36 Å². The maximum Gasteiger partial charge on any atom is 0.573 e. The lowest BCUT2D eigenvalue weighted by Gasteiger charge is -2.28. The number of rotatable bonds is 7. The van der Waals surface area contributed by atoms with Gasteiger partial charge >= 0.3 is 6.36 Å². The van der Waals surface area contributed by atoms with Crippen LogP contribution in [0.5, 0.6) is 5.75 Å². The number of benzene rings is 2. The highest BCUT2D eigenvalue weighted by molar-refractivity contribution is 5.65. The maximum absolute atomic E-state index is 14.6. The van der Waals surface area contributed by atoms with Crippen molar-refractivity contribution >= 4 is 0 Å². The maximum atomic E-state index is 14.6. The lowest BCUT2D eigenvalue weighted by Crippen LogP contribution is -2.16. The van der Waals surface area contributed by atoms with Crippen molar-refractivity contribution in [2.75, 3.05) is 0 Å². The second-order valence-corrected chi connectivity index (χ2v) is 8.10. The molecule has 1 fully saturated rings. The highest BCUT2D eigenvalue weighted by atomic mass is 19.4. The number of alkyl halides is 3. The molecule has 0 atom stereocenters. The van der Waals surface area contributed by atoms with Crippen LogP contribution in [0.4, 0.5) is 17.6 Å². The fraction of sp³-hybridized carbons (Fsp3) is 0.500. The van der Waals surface area contributed by atoms with Gasteiger partial charge in [-0.1, -0.05) is 69.7 Å². The molecule has 2 aromatic carbocycles. The van der Waals surface area contributed by atoms with Gasteiger partial charge in [0.25, 0.3) is 0 Å². The van der Waals surface area contributed by atoms with Crippen molar-refractivity contribution in [1.82, 2.24) is 0 Å². The second kappa shape index (κ2) is 9.64. The number of aryl methyl sites for hydroxylation is 1. The van der Waals surface area contributed by atoms with Crippen molar-refractivity contribution in [3.05, 3.63) is 53.8 Å². The molecule has 1 aliphatic carbocycles. The van der Waals surface area contributed by atoms with Gasteiger partial charge in [0, 0.05) is 5.56 Å². The molecule has 0 unspecified atom stereocenters. The first-order valence-corrected chi connectivity index (χ1v) is 10.5. The molecule has 5 heteroatoms. The molecule has 1 saturated carbocycles. The van der Waals surface area contributed by atoms with E-state index in [4.69, 9.17) is 0 Å². The zero-order valence-electron chi connectivity index (χ0n) is 16.8. The molecule has 0 amide bonds. The first kappa shape index (κ1) is 21.7. The van der Waals surface area contributed by atoms with Gasteiger partial charge in [0.05, 0.1) is 0 Å². The highest BCUT2D eigenvalue weighted by Gasteiger charge is 2.31. The standard InChI is InChI=1S/C24H28F4O/c1-2-3-17-4-6-18(7-5-17)8-9-19-10-15-22(23(25)16-19)20-11-13-21(14-12-20)29-24(26,27)28/h10-18H,2-9H2,1H3. The van der Waals surface area contributed by atoms with Crippen LogP contribution < -0.4 is 4.74 Å². The number of hydrogen-bond donors (Lipinski definition) is 0. The molecule has 0 aliphatic heterocycles. The predicted octanol–water partition coefficient (Wildman–Crippen LogP) is 7.93. The zero-order chi connectivity index (χ0) is 20.9. The van der Waals surface area contributed by atoms with Crippen molar-refractivity contribution in [2.24, 2.45) is 11.8 Å². The van der Waals surface area contributed by atoms with Gasteiger partial charge in [0.1, 0.15) is 11.6 Å². The molecule has 0 aromatic heterocycles. The fourth-order valence-corrected chi connectivity index (χ4v) is 4.37. The molecule has 158 valence electrons. The van der Waals surface area contributed by atoms with Crippen LogP contribution in [0.1, 0.15) is 57.4 Å². The molecule has 3 rings (SSSR count). The smallest absolute Gasteiger partial charge is 0.406 e. The van der Waals surface area contributed by atoms with Gasteiger partial charge in [-0.05, 0) is 54.0 Å². The van der Waals surface area contributed by atoms with Gasteiger partial charge < -0.3 is 4.74 Å². The van der Waals surface area contributed by atoms with Crippen LogP contribution >= 0.6 is 0 Å². The van der Waals surface area contributed by atoms with E-state index in [0.717, 1.165) is 30.2 Å². The summed E-state index contributed by atoms with van der Waals surface area (Å²) < 4.78 is 55.2. The second-order valence-electron chi connectivity index (χ2n) is 8.10.